The van der Waals surface area contributed by atoms with E-state index < -0.39 is 9.84 Å². The SMILES string of the molecule is CS(=O)(=O)C1CCN(I)C1. The Labute approximate surface area is 75.2 Å². The van der Waals surface area contributed by atoms with Crippen molar-refractivity contribution in [2.75, 3.05) is 19.3 Å². The number of nitrogens with zero attached hydrogens (tertiary/aromatic N) is 1. The molecule has 10 heavy (non-hydrogen) atoms. The minimum atomic E-state index is -2.78. The first-order chi connectivity index (χ1) is 4.50. The number of hydrogen-bond acceptors (Lipinski definition) is 3. The van der Waals surface area contributed by atoms with Gasteiger partial charge < -0.3 is 0 Å². The van der Waals surface area contributed by atoms with Crippen molar-refractivity contribution in [3.8, 4) is 0 Å². The Morgan fingerprint density at radius 2 is 2.20 bits per heavy atom. The van der Waals surface area contributed by atoms with Gasteiger partial charge in [-0.05, 0) is 6.42 Å². The zero-order valence-electron chi connectivity index (χ0n) is 5.75. The highest BCUT2D eigenvalue weighted by Gasteiger charge is 2.28. The molecule has 1 aliphatic heterocycles. The molecule has 1 unspecified atom stereocenters. The molecular weight excluding hydrogens is 265 g/mol. The normalized spacial score (nSPS) is 29.2. The molecular formula is C5H10INO2S. The maximum Gasteiger partial charge on any atom is 0.151 e. The van der Waals surface area contributed by atoms with Crippen molar-refractivity contribution in [1.82, 2.24) is 3.11 Å². The van der Waals surface area contributed by atoms with E-state index in [1.54, 1.807) is 0 Å². The largest absolute Gasteiger partial charge is 0.246 e. The van der Waals surface area contributed by atoms with Crippen LogP contribution < -0.4 is 0 Å². The van der Waals surface area contributed by atoms with E-state index in [0.717, 1.165) is 13.0 Å². The number of halogens is 1. The molecule has 0 aliphatic carbocycles. The lowest BCUT2D eigenvalue weighted by Crippen LogP contribution is -2.21. The molecule has 1 aliphatic rings. The Hall–Kier alpha value is 0.640. The van der Waals surface area contributed by atoms with Crippen LogP contribution in [0.5, 0.6) is 0 Å². The lowest BCUT2D eigenvalue weighted by Gasteiger charge is -2.05. The minimum absolute atomic E-state index is 0.121. The molecule has 0 aromatic carbocycles. The second-order valence-corrected chi connectivity index (χ2v) is 6.30. The van der Waals surface area contributed by atoms with Crippen LogP contribution in [0.4, 0.5) is 0 Å². The van der Waals surface area contributed by atoms with Gasteiger partial charge in [-0.15, -0.1) is 0 Å². The Morgan fingerprint density at radius 1 is 1.60 bits per heavy atom. The maximum absolute atomic E-state index is 10.9. The first-order valence-electron chi connectivity index (χ1n) is 3.10. The molecule has 1 heterocycles. The summed E-state index contributed by atoms with van der Waals surface area (Å²) in [5.74, 6) is 0. The molecule has 0 aromatic rings. The van der Waals surface area contributed by atoms with Crippen molar-refractivity contribution in [1.29, 1.82) is 0 Å². The first-order valence-corrected chi connectivity index (χ1v) is 6.01. The summed E-state index contributed by atoms with van der Waals surface area (Å²) in [7, 11) is -2.78. The number of sulfone groups is 1. The van der Waals surface area contributed by atoms with Crippen LogP contribution in [0.15, 0.2) is 0 Å². The summed E-state index contributed by atoms with van der Waals surface area (Å²) < 4.78 is 23.9. The lowest BCUT2D eigenvalue weighted by atomic mass is 10.4. The molecule has 0 bridgehead atoms. The summed E-state index contributed by atoms with van der Waals surface area (Å²) in [5.41, 5.74) is 0. The third-order valence-electron chi connectivity index (χ3n) is 1.70. The fourth-order valence-corrected chi connectivity index (χ4v) is 3.04. The third kappa shape index (κ3) is 2.06. The van der Waals surface area contributed by atoms with Crippen molar-refractivity contribution >= 4 is 32.7 Å². The van der Waals surface area contributed by atoms with Gasteiger partial charge in [-0.3, -0.25) is 0 Å². The first kappa shape index (κ1) is 8.73. The molecule has 1 fully saturated rings. The summed E-state index contributed by atoms with van der Waals surface area (Å²) >= 11 is 2.16. The molecule has 1 rings (SSSR count). The van der Waals surface area contributed by atoms with E-state index in [0.29, 0.717) is 6.54 Å². The summed E-state index contributed by atoms with van der Waals surface area (Å²) in [6, 6.07) is 0. The average Bonchev–Trinajstić information content (AvgIpc) is 2.11. The molecule has 0 radical (unpaired) electrons. The van der Waals surface area contributed by atoms with Crippen molar-refractivity contribution in [2.24, 2.45) is 0 Å². The summed E-state index contributed by atoms with van der Waals surface area (Å²) in [4.78, 5) is 0. The highest BCUT2D eigenvalue weighted by atomic mass is 127. The van der Waals surface area contributed by atoms with Gasteiger partial charge in [-0.1, -0.05) is 0 Å². The fraction of sp³-hybridized carbons (Fsp3) is 1.00. The van der Waals surface area contributed by atoms with Gasteiger partial charge in [0.25, 0.3) is 0 Å². The summed E-state index contributed by atoms with van der Waals surface area (Å²) in [6.45, 7) is 1.59. The fourth-order valence-electron chi connectivity index (χ4n) is 1.04. The van der Waals surface area contributed by atoms with Gasteiger partial charge in [0.2, 0.25) is 0 Å². The Balaban J connectivity index is 2.62. The number of hydrogen-bond donors (Lipinski definition) is 0. The van der Waals surface area contributed by atoms with Gasteiger partial charge in [-0.25, -0.2) is 11.5 Å². The van der Waals surface area contributed by atoms with Crippen molar-refractivity contribution in [2.45, 2.75) is 11.7 Å². The van der Waals surface area contributed by atoms with E-state index in [9.17, 15) is 8.42 Å². The van der Waals surface area contributed by atoms with Crippen LogP contribution in [0.2, 0.25) is 0 Å². The van der Waals surface area contributed by atoms with Crippen LogP contribution in [0, 0.1) is 0 Å². The lowest BCUT2D eigenvalue weighted by molar-refractivity contribution is 0.583. The molecule has 60 valence electrons. The Bertz CT molecular complexity index is 214. The molecule has 0 saturated carbocycles. The molecule has 0 aromatic heterocycles. The summed E-state index contributed by atoms with van der Waals surface area (Å²) in [5, 5.41) is -0.121. The molecule has 1 atom stereocenters. The zero-order valence-corrected chi connectivity index (χ0v) is 8.72. The molecule has 3 nitrogen and oxygen atoms in total. The maximum atomic E-state index is 10.9. The quantitative estimate of drug-likeness (QED) is 0.515. The average molecular weight is 275 g/mol. The molecule has 5 heteroatoms. The van der Waals surface area contributed by atoms with Gasteiger partial charge in [0, 0.05) is 42.2 Å². The molecule has 0 N–H and O–H groups in total. The highest BCUT2D eigenvalue weighted by molar-refractivity contribution is 14.1. The standard InChI is InChI=1S/C5H10INO2S/c1-10(8,9)5-2-3-7(6)4-5/h5H,2-4H2,1H3. The zero-order chi connectivity index (χ0) is 7.78. The second-order valence-electron chi connectivity index (χ2n) is 2.61. The van der Waals surface area contributed by atoms with Gasteiger partial charge in [0.05, 0.1) is 5.25 Å². The predicted octanol–water partition coefficient (Wildman–Crippen LogP) is 0.455. The predicted molar refractivity (Wildman–Crippen MR) is 48.8 cm³/mol. The van der Waals surface area contributed by atoms with Crippen LogP contribution in [0.3, 0.4) is 0 Å². The minimum Gasteiger partial charge on any atom is -0.246 e. The Morgan fingerprint density at radius 3 is 2.40 bits per heavy atom. The van der Waals surface area contributed by atoms with Crippen LogP contribution in [-0.2, 0) is 9.84 Å². The van der Waals surface area contributed by atoms with Crippen LogP contribution in [0.25, 0.3) is 0 Å². The van der Waals surface area contributed by atoms with E-state index in [-0.39, 0.29) is 5.25 Å². The number of rotatable bonds is 1. The topological polar surface area (TPSA) is 37.4 Å². The van der Waals surface area contributed by atoms with E-state index in [2.05, 4.69) is 22.9 Å². The summed E-state index contributed by atoms with van der Waals surface area (Å²) in [6.07, 6.45) is 2.11. The van der Waals surface area contributed by atoms with Crippen LogP contribution in [-0.4, -0.2) is 36.1 Å². The molecule has 1 saturated heterocycles. The van der Waals surface area contributed by atoms with E-state index in [4.69, 9.17) is 0 Å². The van der Waals surface area contributed by atoms with Gasteiger partial charge in [0.15, 0.2) is 9.84 Å². The van der Waals surface area contributed by atoms with Gasteiger partial charge >= 0.3 is 0 Å². The van der Waals surface area contributed by atoms with Crippen molar-refractivity contribution in [3.05, 3.63) is 0 Å². The van der Waals surface area contributed by atoms with Gasteiger partial charge in [0.1, 0.15) is 0 Å². The molecule has 0 amide bonds. The van der Waals surface area contributed by atoms with Crippen molar-refractivity contribution in [3.63, 3.8) is 0 Å². The van der Waals surface area contributed by atoms with Crippen LogP contribution >= 0.6 is 22.9 Å². The van der Waals surface area contributed by atoms with E-state index >= 15 is 0 Å². The van der Waals surface area contributed by atoms with E-state index in [1.807, 2.05) is 3.11 Å². The monoisotopic (exact) mass is 275 g/mol. The smallest absolute Gasteiger partial charge is 0.151 e. The highest BCUT2D eigenvalue weighted by Crippen LogP contribution is 2.18. The van der Waals surface area contributed by atoms with Crippen molar-refractivity contribution < 1.29 is 8.42 Å². The Kier molecular flexibility index (Phi) is 2.57. The molecule has 0 spiro atoms. The van der Waals surface area contributed by atoms with E-state index in [1.165, 1.54) is 6.26 Å². The van der Waals surface area contributed by atoms with Gasteiger partial charge in [-0.2, -0.15) is 0 Å². The third-order valence-corrected chi connectivity index (χ3v) is 4.17. The second kappa shape index (κ2) is 2.94. The van der Waals surface area contributed by atoms with Crippen LogP contribution in [0.1, 0.15) is 6.42 Å².